The average molecular weight is 457 g/mol. The van der Waals surface area contributed by atoms with Crippen molar-refractivity contribution >= 4 is 34.1 Å². The van der Waals surface area contributed by atoms with Gasteiger partial charge in [-0.15, -0.1) is 16.4 Å². The van der Waals surface area contributed by atoms with Gasteiger partial charge in [0.25, 0.3) is 0 Å². The zero-order chi connectivity index (χ0) is 22.6. The number of ether oxygens (including phenoxy) is 1. The lowest BCUT2D eigenvalue weighted by Crippen LogP contribution is -2.08. The first-order chi connectivity index (χ1) is 16.2. The van der Waals surface area contributed by atoms with E-state index in [0.29, 0.717) is 30.5 Å². The number of hydrogen-bond donors (Lipinski definition) is 2. The van der Waals surface area contributed by atoms with Gasteiger partial charge in [0.05, 0.1) is 29.6 Å². The normalized spacial score (nSPS) is 11.1. The molecule has 2 aromatic carbocycles. The number of nitrogens with one attached hydrogen (secondary N) is 1. The van der Waals surface area contributed by atoms with Crippen LogP contribution in [0, 0.1) is 0 Å². The van der Waals surface area contributed by atoms with Crippen LogP contribution in [0.5, 0.6) is 5.75 Å². The van der Waals surface area contributed by atoms with E-state index in [1.54, 1.807) is 23.1 Å². The predicted octanol–water partition coefficient (Wildman–Crippen LogP) is 4.85. The predicted molar refractivity (Wildman–Crippen MR) is 134 cm³/mol. The lowest BCUT2D eigenvalue weighted by Gasteiger charge is -2.08. The number of fused-ring (bicyclic) bond motifs is 1. The number of benzene rings is 2. The fourth-order valence-corrected chi connectivity index (χ4v) is 4.43. The van der Waals surface area contributed by atoms with E-state index in [1.807, 2.05) is 47.8 Å². The molecule has 33 heavy (non-hydrogen) atoms. The molecule has 0 saturated heterocycles. The molecule has 3 heterocycles. The summed E-state index contributed by atoms with van der Waals surface area (Å²) in [5.41, 5.74) is 10.3. The molecule has 8 heteroatoms. The summed E-state index contributed by atoms with van der Waals surface area (Å²) in [6.45, 7) is 1.27. The molecule has 0 saturated carbocycles. The van der Waals surface area contributed by atoms with Crippen molar-refractivity contribution in [2.75, 3.05) is 24.7 Å². The molecule has 0 radical (unpaired) electrons. The van der Waals surface area contributed by atoms with Crippen LogP contribution in [0.1, 0.15) is 11.1 Å². The Balaban J connectivity index is 1.44. The van der Waals surface area contributed by atoms with Gasteiger partial charge in [0.2, 0.25) is 5.95 Å². The van der Waals surface area contributed by atoms with Crippen LogP contribution in [0.25, 0.3) is 21.6 Å². The molecule has 0 unspecified atom stereocenters. The third kappa shape index (κ3) is 4.51. The molecule has 0 bridgehead atoms. The highest BCUT2D eigenvalue weighted by Crippen LogP contribution is 2.34. The highest BCUT2D eigenvalue weighted by atomic mass is 32.1. The van der Waals surface area contributed by atoms with Gasteiger partial charge in [-0.05, 0) is 41.1 Å². The van der Waals surface area contributed by atoms with Crippen LogP contribution < -0.4 is 15.8 Å². The van der Waals surface area contributed by atoms with E-state index in [-0.39, 0.29) is 0 Å². The van der Waals surface area contributed by atoms with Crippen molar-refractivity contribution in [3.05, 3.63) is 83.2 Å². The summed E-state index contributed by atoms with van der Waals surface area (Å²) in [5.74, 6) is 1.97. The number of anilines is 2. The lowest BCUT2D eigenvalue weighted by atomic mass is 10.1. The molecule has 3 aromatic heterocycles. The van der Waals surface area contributed by atoms with E-state index in [9.17, 15) is 0 Å². The van der Waals surface area contributed by atoms with Crippen molar-refractivity contribution in [2.24, 2.45) is 0 Å². The summed E-state index contributed by atoms with van der Waals surface area (Å²) in [4.78, 5) is 10.5. The van der Waals surface area contributed by atoms with E-state index in [1.165, 1.54) is 5.56 Å². The molecule has 5 rings (SSSR count). The standard InChI is InChI=1S/C25H24N6OS/c1-32-19-11-9-17(10-12-19)13-14-27-25-28-22(20-8-5-15-33-20)21-23(26)31(30-24(21)29-25)16-18-6-3-2-4-7-18/h2-12,15H,13-14,16,26H2,1H3,(H,27,29,30). The number of nitrogen functional groups attached to an aromatic ring is 1. The highest BCUT2D eigenvalue weighted by Gasteiger charge is 2.19. The van der Waals surface area contributed by atoms with Gasteiger partial charge >= 0.3 is 0 Å². The van der Waals surface area contributed by atoms with E-state index in [4.69, 9.17) is 20.6 Å². The summed E-state index contributed by atoms with van der Waals surface area (Å²) < 4.78 is 7.03. The monoisotopic (exact) mass is 456 g/mol. The molecular formula is C25H24N6OS. The maximum absolute atomic E-state index is 6.54. The number of aromatic nitrogens is 4. The second kappa shape index (κ2) is 9.30. The van der Waals surface area contributed by atoms with E-state index >= 15 is 0 Å². The molecule has 7 nitrogen and oxygen atoms in total. The van der Waals surface area contributed by atoms with Gasteiger partial charge in [0.1, 0.15) is 11.6 Å². The Morgan fingerprint density at radius 2 is 1.79 bits per heavy atom. The third-order valence-corrected chi connectivity index (χ3v) is 6.30. The van der Waals surface area contributed by atoms with E-state index in [0.717, 1.165) is 33.7 Å². The summed E-state index contributed by atoms with van der Waals surface area (Å²) in [5, 5.41) is 10.9. The zero-order valence-electron chi connectivity index (χ0n) is 18.2. The first kappa shape index (κ1) is 21.0. The van der Waals surface area contributed by atoms with Gasteiger partial charge in [-0.3, -0.25) is 0 Å². The maximum atomic E-state index is 6.54. The van der Waals surface area contributed by atoms with Crippen molar-refractivity contribution in [3.63, 3.8) is 0 Å². The maximum Gasteiger partial charge on any atom is 0.225 e. The molecule has 0 amide bonds. The van der Waals surface area contributed by atoms with Gasteiger partial charge in [-0.25, -0.2) is 9.67 Å². The zero-order valence-corrected chi connectivity index (χ0v) is 19.0. The minimum atomic E-state index is 0.545. The molecule has 3 N–H and O–H groups in total. The first-order valence-corrected chi connectivity index (χ1v) is 11.6. The molecule has 0 aliphatic rings. The Kier molecular flexibility index (Phi) is 5.91. The third-order valence-electron chi connectivity index (χ3n) is 5.43. The minimum absolute atomic E-state index is 0.545. The van der Waals surface area contributed by atoms with Gasteiger partial charge in [-0.1, -0.05) is 48.5 Å². The largest absolute Gasteiger partial charge is 0.497 e. The lowest BCUT2D eigenvalue weighted by molar-refractivity contribution is 0.414. The molecule has 0 aliphatic carbocycles. The summed E-state index contributed by atoms with van der Waals surface area (Å²) >= 11 is 1.62. The second-order valence-electron chi connectivity index (χ2n) is 7.63. The van der Waals surface area contributed by atoms with E-state index in [2.05, 4.69) is 34.6 Å². The molecule has 0 fully saturated rings. The fourth-order valence-electron chi connectivity index (χ4n) is 3.71. The van der Waals surface area contributed by atoms with Crippen molar-refractivity contribution in [3.8, 4) is 16.3 Å². The van der Waals surface area contributed by atoms with Crippen LogP contribution in [-0.4, -0.2) is 33.4 Å². The number of nitrogens with zero attached hydrogens (tertiary/aromatic N) is 4. The summed E-state index contributed by atoms with van der Waals surface area (Å²) in [7, 11) is 1.67. The number of thiophene rings is 1. The molecule has 0 aliphatic heterocycles. The van der Waals surface area contributed by atoms with Crippen molar-refractivity contribution < 1.29 is 4.74 Å². The number of rotatable bonds is 8. The van der Waals surface area contributed by atoms with Crippen LogP contribution in [0.4, 0.5) is 11.8 Å². The SMILES string of the molecule is COc1ccc(CCNc2nc(-c3cccs3)c3c(N)n(Cc4ccccc4)nc3n2)cc1. The number of methoxy groups -OCH3 is 1. The smallest absolute Gasteiger partial charge is 0.225 e. The Morgan fingerprint density at radius 1 is 0.970 bits per heavy atom. The molecule has 166 valence electrons. The Hall–Kier alpha value is -3.91. The second-order valence-corrected chi connectivity index (χ2v) is 8.57. The van der Waals surface area contributed by atoms with Gasteiger partial charge in [0.15, 0.2) is 5.65 Å². The fraction of sp³-hybridized carbons (Fsp3) is 0.160. The minimum Gasteiger partial charge on any atom is -0.497 e. The van der Waals surface area contributed by atoms with Crippen molar-refractivity contribution in [2.45, 2.75) is 13.0 Å². The summed E-state index contributed by atoms with van der Waals surface area (Å²) in [6, 6.07) is 22.2. The number of hydrogen-bond acceptors (Lipinski definition) is 7. The Bertz CT molecular complexity index is 1350. The van der Waals surface area contributed by atoms with Crippen molar-refractivity contribution in [1.82, 2.24) is 19.7 Å². The van der Waals surface area contributed by atoms with Crippen LogP contribution in [-0.2, 0) is 13.0 Å². The first-order valence-electron chi connectivity index (χ1n) is 10.7. The average Bonchev–Trinajstić information content (AvgIpc) is 3.49. The molecule has 0 atom stereocenters. The van der Waals surface area contributed by atoms with Crippen LogP contribution in [0.2, 0.25) is 0 Å². The van der Waals surface area contributed by atoms with Gasteiger partial charge < -0.3 is 15.8 Å². The molecule has 0 spiro atoms. The van der Waals surface area contributed by atoms with Crippen LogP contribution in [0.15, 0.2) is 72.1 Å². The topological polar surface area (TPSA) is 90.9 Å². The van der Waals surface area contributed by atoms with Gasteiger partial charge in [-0.2, -0.15) is 4.98 Å². The molecular weight excluding hydrogens is 432 g/mol. The van der Waals surface area contributed by atoms with E-state index < -0.39 is 0 Å². The number of nitrogens with two attached hydrogens (primary N) is 1. The quantitative estimate of drug-likeness (QED) is 0.347. The Labute approximate surface area is 195 Å². The van der Waals surface area contributed by atoms with Gasteiger partial charge in [0, 0.05) is 6.54 Å². The van der Waals surface area contributed by atoms with Crippen molar-refractivity contribution in [1.29, 1.82) is 0 Å². The van der Waals surface area contributed by atoms with Crippen LogP contribution in [0.3, 0.4) is 0 Å². The molecule has 5 aromatic rings. The van der Waals surface area contributed by atoms with Crippen LogP contribution >= 0.6 is 11.3 Å². The highest BCUT2D eigenvalue weighted by molar-refractivity contribution is 7.13. The summed E-state index contributed by atoms with van der Waals surface area (Å²) in [6.07, 6.45) is 0.838. The Morgan fingerprint density at radius 3 is 2.52 bits per heavy atom.